The minimum atomic E-state index is 0.493. The number of halogens is 1. The summed E-state index contributed by atoms with van der Waals surface area (Å²) in [6, 6.07) is 0. The summed E-state index contributed by atoms with van der Waals surface area (Å²) in [6.45, 7) is 1.67. The SMILES string of the molecule is Clc1cnc(C2CCOC2)s1. The molecule has 2 rings (SSSR count). The van der Waals surface area contributed by atoms with Crippen LogP contribution in [-0.4, -0.2) is 18.2 Å². The molecule has 1 fully saturated rings. The summed E-state index contributed by atoms with van der Waals surface area (Å²) in [6.07, 6.45) is 2.80. The third-order valence-corrected chi connectivity index (χ3v) is 3.05. The van der Waals surface area contributed by atoms with E-state index in [1.165, 1.54) is 0 Å². The third-order valence-electron chi connectivity index (χ3n) is 1.77. The minimum Gasteiger partial charge on any atom is -0.381 e. The molecule has 0 radical (unpaired) electrons. The molecule has 1 unspecified atom stereocenters. The monoisotopic (exact) mass is 189 g/mol. The maximum atomic E-state index is 5.75. The van der Waals surface area contributed by atoms with Crippen molar-refractivity contribution < 1.29 is 4.74 Å². The van der Waals surface area contributed by atoms with Crippen molar-refractivity contribution in [2.24, 2.45) is 0 Å². The van der Waals surface area contributed by atoms with Gasteiger partial charge in [0.25, 0.3) is 0 Å². The molecule has 11 heavy (non-hydrogen) atoms. The average Bonchev–Trinajstić information content (AvgIpc) is 2.55. The zero-order valence-electron chi connectivity index (χ0n) is 5.92. The van der Waals surface area contributed by atoms with Crippen molar-refractivity contribution in [1.29, 1.82) is 0 Å². The smallest absolute Gasteiger partial charge is 0.113 e. The van der Waals surface area contributed by atoms with Crippen LogP contribution in [0.5, 0.6) is 0 Å². The van der Waals surface area contributed by atoms with Crippen molar-refractivity contribution in [3.05, 3.63) is 15.5 Å². The van der Waals surface area contributed by atoms with Crippen LogP contribution in [0, 0.1) is 0 Å². The van der Waals surface area contributed by atoms with Crippen molar-refractivity contribution in [2.75, 3.05) is 13.2 Å². The van der Waals surface area contributed by atoms with Gasteiger partial charge in [-0.3, -0.25) is 0 Å². The van der Waals surface area contributed by atoms with Crippen molar-refractivity contribution >= 4 is 22.9 Å². The second-order valence-corrected chi connectivity index (χ2v) is 4.26. The molecule has 2 nitrogen and oxygen atoms in total. The van der Waals surface area contributed by atoms with Gasteiger partial charge in [0, 0.05) is 12.5 Å². The standard InChI is InChI=1S/C7H8ClNOS/c8-6-3-9-7(11-6)5-1-2-10-4-5/h3,5H,1-2,4H2. The molecule has 0 aliphatic carbocycles. The average molecular weight is 190 g/mol. The minimum absolute atomic E-state index is 0.493. The summed E-state index contributed by atoms with van der Waals surface area (Å²) in [5.74, 6) is 0.493. The van der Waals surface area contributed by atoms with Crippen molar-refractivity contribution in [1.82, 2.24) is 4.98 Å². The predicted molar refractivity (Wildman–Crippen MR) is 45.3 cm³/mol. The van der Waals surface area contributed by atoms with Crippen LogP contribution in [0.2, 0.25) is 4.34 Å². The Morgan fingerprint density at radius 3 is 3.18 bits per heavy atom. The summed E-state index contributed by atoms with van der Waals surface area (Å²) < 4.78 is 6.01. The van der Waals surface area contributed by atoms with Gasteiger partial charge in [0.2, 0.25) is 0 Å². The number of aromatic nitrogens is 1. The van der Waals surface area contributed by atoms with Crippen LogP contribution in [0.4, 0.5) is 0 Å². The lowest BCUT2D eigenvalue weighted by atomic mass is 10.1. The zero-order valence-corrected chi connectivity index (χ0v) is 7.49. The van der Waals surface area contributed by atoms with E-state index < -0.39 is 0 Å². The number of rotatable bonds is 1. The van der Waals surface area contributed by atoms with E-state index in [-0.39, 0.29) is 0 Å². The molecule has 1 aromatic heterocycles. The van der Waals surface area contributed by atoms with Crippen LogP contribution < -0.4 is 0 Å². The summed E-state index contributed by atoms with van der Waals surface area (Å²) in [5, 5.41) is 1.12. The summed E-state index contributed by atoms with van der Waals surface area (Å²) >= 11 is 7.31. The Labute approximate surface area is 74.2 Å². The van der Waals surface area contributed by atoms with Crippen LogP contribution >= 0.6 is 22.9 Å². The fourth-order valence-electron chi connectivity index (χ4n) is 1.18. The third kappa shape index (κ3) is 1.55. The molecule has 0 bridgehead atoms. The Bertz CT molecular complexity index is 244. The molecule has 0 N–H and O–H groups in total. The lowest BCUT2D eigenvalue weighted by Crippen LogP contribution is -1.95. The highest BCUT2D eigenvalue weighted by molar-refractivity contribution is 7.15. The first kappa shape index (κ1) is 7.53. The molecule has 0 amide bonds. The second-order valence-electron chi connectivity index (χ2n) is 2.56. The first-order chi connectivity index (χ1) is 5.36. The summed E-state index contributed by atoms with van der Waals surface area (Å²) in [4.78, 5) is 4.20. The summed E-state index contributed by atoms with van der Waals surface area (Å²) in [5.41, 5.74) is 0. The van der Waals surface area contributed by atoms with Crippen LogP contribution in [0.15, 0.2) is 6.20 Å². The number of thiazole rings is 1. The molecule has 0 saturated carbocycles. The molecule has 1 saturated heterocycles. The molecule has 1 aliphatic rings. The molecule has 1 aromatic rings. The Kier molecular flexibility index (Phi) is 2.11. The molecule has 0 spiro atoms. The highest BCUT2D eigenvalue weighted by Crippen LogP contribution is 2.30. The van der Waals surface area contributed by atoms with E-state index >= 15 is 0 Å². The normalized spacial score (nSPS) is 24.3. The molecule has 2 heterocycles. The van der Waals surface area contributed by atoms with Crippen LogP contribution in [-0.2, 0) is 4.74 Å². The van der Waals surface area contributed by atoms with Gasteiger partial charge in [-0.15, -0.1) is 11.3 Å². The highest BCUT2D eigenvalue weighted by Gasteiger charge is 2.20. The van der Waals surface area contributed by atoms with Crippen LogP contribution in [0.1, 0.15) is 17.3 Å². The maximum absolute atomic E-state index is 5.75. The first-order valence-corrected chi connectivity index (χ1v) is 4.74. The molecule has 1 atom stereocenters. The first-order valence-electron chi connectivity index (χ1n) is 3.55. The zero-order chi connectivity index (χ0) is 7.68. The quantitative estimate of drug-likeness (QED) is 0.677. The number of ether oxygens (including phenoxy) is 1. The Morgan fingerprint density at radius 2 is 2.64 bits per heavy atom. The highest BCUT2D eigenvalue weighted by atomic mass is 35.5. The lowest BCUT2D eigenvalue weighted by Gasteiger charge is -1.99. The van der Waals surface area contributed by atoms with Gasteiger partial charge in [-0.2, -0.15) is 0 Å². The molecule has 1 aliphatic heterocycles. The van der Waals surface area contributed by atoms with Gasteiger partial charge in [0.1, 0.15) is 4.34 Å². The van der Waals surface area contributed by atoms with Gasteiger partial charge in [-0.1, -0.05) is 11.6 Å². The van der Waals surface area contributed by atoms with Crippen molar-refractivity contribution in [2.45, 2.75) is 12.3 Å². The number of hydrogen-bond acceptors (Lipinski definition) is 3. The second kappa shape index (κ2) is 3.09. The van der Waals surface area contributed by atoms with E-state index in [9.17, 15) is 0 Å². The number of hydrogen-bond donors (Lipinski definition) is 0. The van der Waals surface area contributed by atoms with Gasteiger partial charge in [-0.25, -0.2) is 4.98 Å². The van der Waals surface area contributed by atoms with E-state index in [0.717, 1.165) is 29.0 Å². The Morgan fingerprint density at radius 1 is 1.73 bits per heavy atom. The van der Waals surface area contributed by atoms with Gasteiger partial charge < -0.3 is 4.74 Å². The molecule has 4 heteroatoms. The fraction of sp³-hybridized carbons (Fsp3) is 0.571. The van der Waals surface area contributed by atoms with E-state index in [1.807, 2.05) is 0 Å². The Hall–Kier alpha value is -0.120. The Balaban J connectivity index is 2.15. The lowest BCUT2D eigenvalue weighted by molar-refractivity contribution is 0.194. The van der Waals surface area contributed by atoms with Gasteiger partial charge in [0.05, 0.1) is 17.8 Å². The predicted octanol–water partition coefficient (Wildman–Crippen LogP) is 2.30. The molecule has 60 valence electrons. The van der Waals surface area contributed by atoms with Crippen molar-refractivity contribution in [3.8, 4) is 0 Å². The number of nitrogens with zero attached hydrogens (tertiary/aromatic N) is 1. The van der Waals surface area contributed by atoms with E-state index in [4.69, 9.17) is 16.3 Å². The van der Waals surface area contributed by atoms with Gasteiger partial charge >= 0.3 is 0 Å². The van der Waals surface area contributed by atoms with E-state index in [0.29, 0.717) is 5.92 Å². The van der Waals surface area contributed by atoms with E-state index in [2.05, 4.69) is 4.98 Å². The van der Waals surface area contributed by atoms with Gasteiger partial charge in [-0.05, 0) is 6.42 Å². The maximum Gasteiger partial charge on any atom is 0.113 e. The summed E-state index contributed by atoms with van der Waals surface area (Å²) in [7, 11) is 0. The largest absolute Gasteiger partial charge is 0.381 e. The van der Waals surface area contributed by atoms with E-state index in [1.54, 1.807) is 17.5 Å². The van der Waals surface area contributed by atoms with Crippen LogP contribution in [0.25, 0.3) is 0 Å². The topological polar surface area (TPSA) is 22.1 Å². The molecule has 0 aromatic carbocycles. The van der Waals surface area contributed by atoms with Crippen molar-refractivity contribution in [3.63, 3.8) is 0 Å². The fourth-order valence-corrected chi connectivity index (χ4v) is 2.23. The van der Waals surface area contributed by atoms with Gasteiger partial charge in [0.15, 0.2) is 0 Å². The molecular formula is C7H8ClNOS. The molecular weight excluding hydrogens is 182 g/mol. The van der Waals surface area contributed by atoms with Crippen LogP contribution in [0.3, 0.4) is 0 Å².